The summed E-state index contributed by atoms with van der Waals surface area (Å²) < 4.78 is 76.4. The first kappa shape index (κ1) is 59.7. The number of hydrogen-bond acceptors (Lipinski definition) is 18. The minimum absolute atomic E-state index is 0.00487. The Kier molecular flexibility index (Phi) is 22.7. The van der Waals surface area contributed by atoms with Gasteiger partial charge in [-0.25, -0.2) is 14.4 Å². The summed E-state index contributed by atoms with van der Waals surface area (Å²) in [5.41, 5.74) is 14.1. The smallest absolute Gasteiger partial charge is 0.407 e. The van der Waals surface area contributed by atoms with E-state index in [1.165, 1.54) is 14.2 Å². The van der Waals surface area contributed by atoms with Crippen LogP contribution in [0.2, 0.25) is 0 Å². The molecule has 3 aliphatic rings. The van der Waals surface area contributed by atoms with Crippen molar-refractivity contribution in [2.45, 2.75) is 132 Å². The summed E-state index contributed by atoms with van der Waals surface area (Å²) >= 11 is 1.65. The van der Waals surface area contributed by atoms with Crippen molar-refractivity contribution in [2.24, 2.45) is 11.0 Å². The van der Waals surface area contributed by atoms with Crippen molar-refractivity contribution in [3.8, 4) is 0 Å². The van der Waals surface area contributed by atoms with Gasteiger partial charge in [0.25, 0.3) is 0 Å². The molecule has 0 spiro atoms. The summed E-state index contributed by atoms with van der Waals surface area (Å²) in [6.45, 7) is 3.53. The highest BCUT2D eigenvalue weighted by Crippen LogP contribution is 2.39. The molecule has 2 N–H and O–H groups in total. The minimum Gasteiger partial charge on any atom is -0.467 e. The lowest BCUT2D eigenvalue weighted by Crippen LogP contribution is -2.67. The number of ether oxygens (including phenoxy) is 12. The molecular weight excluding hydrogens is 1050 g/mol. The first-order chi connectivity index (χ1) is 39.0. The monoisotopic (exact) mass is 1120 g/mol. The Balaban J connectivity index is 1.12. The molecule has 0 saturated carbocycles. The van der Waals surface area contributed by atoms with E-state index < -0.39 is 110 Å². The van der Waals surface area contributed by atoms with Crippen molar-refractivity contribution in [1.82, 2.24) is 5.32 Å². The maximum absolute atomic E-state index is 14.2. The Morgan fingerprint density at radius 2 is 1.04 bits per heavy atom. The molecule has 6 unspecified atom stereocenters. The second-order valence-electron chi connectivity index (χ2n) is 19.3. The van der Waals surface area contributed by atoms with Gasteiger partial charge in [0.1, 0.15) is 43.2 Å². The first-order valence-electron chi connectivity index (χ1n) is 26.4. The van der Waals surface area contributed by atoms with Crippen LogP contribution in [-0.2, 0) is 98.6 Å². The number of methoxy groups -OCH3 is 2. The van der Waals surface area contributed by atoms with E-state index in [1.54, 1.807) is 49.9 Å². The van der Waals surface area contributed by atoms with Gasteiger partial charge >= 0.3 is 18.0 Å². The number of benzene rings is 5. The molecule has 426 valence electrons. The quantitative estimate of drug-likeness (QED) is 0.0140. The Morgan fingerprint density at radius 3 is 1.56 bits per heavy atom. The number of alkyl carbamates (subject to hydrolysis) is 1. The highest BCUT2D eigenvalue weighted by Gasteiger charge is 2.57. The van der Waals surface area contributed by atoms with Crippen molar-refractivity contribution in [2.75, 3.05) is 26.6 Å². The van der Waals surface area contributed by atoms with Crippen molar-refractivity contribution in [1.29, 1.82) is 0 Å². The van der Waals surface area contributed by atoms with Crippen LogP contribution in [0.4, 0.5) is 4.79 Å². The Hall–Kier alpha value is -6.43. The van der Waals surface area contributed by atoms with Crippen molar-refractivity contribution in [3.63, 3.8) is 0 Å². The van der Waals surface area contributed by atoms with Crippen LogP contribution < -0.4 is 5.32 Å². The van der Waals surface area contributed by atoms with Crippen LogP contribution in [0, 0.1) is 5.92 Å². The molecule has 8 rings (SSSR count). The number of aliphatic hydroxyl groups is 1. The molecule has 1 amide bonds. The number of nitrogens with one attached hydrogen (secondary N) is 1. The molecule has 15 atom stereocenters. The lowest BCUT2D eigenvalue weighted by Gasteiger charge is -2.50. The van der Waals surface area contributed by atoms with Gasteiger partial charge in [0, 0.05) is 22.3 Å². The Morgan fingerprint density at radius 1 is 0.575 bits per heavy atom. The van der Waals surface area contributed by atoms with E-state index in [-0.39, 0.29) is 33.0 Å². The zero-order valence-electron chi connectivity index (χ0n) is 44.9. The van der Waals surface area contributed by atoms with Gasteiger partial charge in [-0.2, -0.15) is 11.8 Å². The Bertz CT molecular complexity index is 2720. The van der Waals surface area contributed by atoms with Crippen LogP contribution in [-0.4, -0.2) is 136 Å². The molecule has 0 aromatic heterocycles. The third kappa shape index (κ3) is 16.1. The number of amides is 1. The second kappa shape index (κ2) is 30.4. The van der Waals surface area contributed by atoms with Crippen molar-refractivity contribution < 1.29 is 76.3 Å². The van der Waals surface area contributed by atoms with Gasteiger partial charge < -0.3 is 67.3 Å². The maximum Gasteiger partial charge on any atom is 0.407 e. The summed E-state index contributed by atoms with van der Waals surface area (Å²) in [5.74, 6) is -1.26. The molecule has 3 saturated heterocycles. The zero-order chi connectivity index (χ0) is 56.2. The van der Waals surface area contributed by atoms with Crippen LogP contribution in [0.15, 0.2) is 157 Å². The highest BCUT2D eigenvalue weighted by atomic mass is 32.2. The third-order valence-corrected chi connectivity index (χ3v) is 14.8. The lowest BCUT2D eigenvalue weighted by atomic mass is 9.89. The highest BCUT2D eigenvalue weighted by molar-refractivity contribution is 7.98. The standard InChI is InChI=1S/C59H68N4O16S/c1-37-47(76-56-45(62-63-60)46(64)44(38(2)75-56)61-59(67)74-35-42-26-16-8-17-27-42)51(54(65)68-3)79-58(48(37)71-32-39-20-10-5-11-21-39)77-50-49(72-33-40-22-12-6-13-23-40)52(55(66)69-4)78-57(53(50)73-34-41-24-14-7-15-25-41)70-30-31-80-36-43-28-18-9-19-29-43/h5-29,37-38,44-53,56-58,64H,30-36H2,1-4H3,(H,61,67)/t37-,38?,44-,45?,46-,47+,48?,49+,50-,51?,52?,53?,56+,57-,58-/m0/s1. The van der Waals surface area contributed by atoms with E-state index >= 15 is 0 Å². The third-order valence-electron chi connectivity index (χ3n) is 13.8. The number of nitrogens with zero attached hydrogens (tertiary/aromatic N) is 3. The van der Waals surface area contributed by atoms with Crippen LogP contribution in [0.25, 0.3) is 10.4 Å². The van der Waals surface area contributed by atoms with E-state index in [0.717, 1.165) is 33.6 Å². The van der Waals surface area contributed by atoms with E-state index in [2.05, 4.69) is 15.3 Å². The second-order valence-corrected chi connectivity index (χ2v) is 20.4. The van der Waals surface area contributed by atoms with Gasteiger partial charge in [-0.05, 0) is 40.3 Å². The lowest BCUT2D eigenvalue weighted by molar-refractivity contribution is -0.370. The topological polar surface area (TPSA) is 243 Å². The van der Waals surface area contributed by atoms with E-state index in [1.807, 2.05) is 127 Å². The number of thioether (sulfide) groups is 1. The number of carbonyl (C=O) groups excluding carboxylic acids is 3. The maximum atomic E-state index is 14.2. The number of rotatable bonds is 25. The summed E-state index contributed by atoms with van der Waals surface area (Å²) in [4.78, 5) is 44.3. The van der Waals surface area contributed by atoms with Crippen LogP contribution in [0.5, 0.6) is 0 Å². The van der Waals surface area contributed by atoms with Crippen LogP contribution in [0.3, 0.4) is 0 Å². The summed E-state index contributed by atoms with van der Waals surface area (Å²) in [6, 6.07) is 44.6. The molecule has 80 heavy (non-hydrogen) atoms. The van der Waals surface area contributed by atoms with Crippen LogP contribution >= 0.6 is 11.8 Å². The van der Waals surface area contributed by atoms with Gasteiger partial charge in [-0.15, -0.1) is 0 Å². The number of esters is 2. The number of azide groups is 1. The molecule has 21 heteroatoms. The van der Waals surface area contributed by atoms with E-state index in [9.17, 15) is 25.0 Å². The fourth-order valence-corrected chi connectivity index (χ4v) is 10.4. The van der Waals surface area contributed by atoms with E-state index in [0.29, 0.717) is 5.75 Å². The fraction of sp³-hybridized carbons (Fsp3) is 0.441. The van der Waals surface area contributed by atoms with Gasteiger partial charge in [-0.3, -0.25) is 0 Å². The summed E-state index contributed by atoms with van der Waals surface area (Å²) in [6.07, 6.45) is -16.8. The van der Waals surface area contributed by atoms with Crippen molar-refractivity contribution >= 4 is 29.8 Å². The van der Waals surface area contributed by atoms with Crippen LogP contribution in [0.1, 0.15) is 41.7 Å². The molecule has 5 aromatic carbocycles. The van der Waals surface area contributed by atoms with Gasteiger partial charge in [0.15, 0.2) is 31.1 Å². The van der Waals surface area contributed by atoms with Gasteiger partial charge in [0.2, 0.25) is 0 Å². The molecule has 3 fully saturated rings. The van der Waals surface area contributed by atoms with Gasteiger partial charge in [-0.1, -0.05) is 164 Å². The molecule has 3 aliphatic heterocycles. The van der Waals surface area contributed by atoms with Gasteiger partial charge in [0.05, 0.1) is 58.9 Å². The molecule has 0 aliphatic carbocycles. The molecular formula is C59H68N4O16S. The molecule has 5 aromatic rings. The zero-order valence-corrected chi connectivity index (χ0v) is 45.7. The molecule has 0 radical (unpaired) electrons. The predicted molar refractivity (Wildman–Crippen MR) is 291 cm³/mol. The summed E-state index contributed by atoms with van der Waals surface area (Å²) in [7, 11) is 2.42. The number of hydrogen-bond donors (Lipinski definition) is 2. The molecule has 0 bridgehead atoms. The average molecular weight is 1120 g/mol. The SMILES string of the molecule is COC(=O)C1O[C@H](O[C@@H]2C(OCc3ccccc3)[C@@H](OCCSCc3ccccc3)OC(C(=O)OC)[C@@H]2OCc2ccccc2)C(OCc2ccccc2)[C@@H](C)[C@H]1O[C@H]1OC(C)[C@H](NC(=O)OCc2ccccc2)[C@H](O)C1N=[N+]=[N-]. The predicted octanol–water partition coefficient (Wildman–Crippen LogP) is 7.97. The molecule has 3 heterocycles. The summed E-state index contributed by atoms with van der Waals surface area (Å²) in [5, 5.41) is 18.3. The average Bonchev–Trinajstić information content (AvgIpc) is 3.49. The number of aliphatic hydroxyl groups excluding tert-OH is 1. The normalized spacial score (nSPS) is 28.4. The fourth-order valence-electron chi connectivity index (χ4n) is 9.64. The van der Waals surface area contributed by atoms with Crippen molar-refractivity contribution in [3.05, 3.63) is 190 Å². The largest absolute Gasteiger partial charge is 0.467 e. The molecule has 20 nitrogen and oxygen atoms in total. The number of carbonyl (C=O) groups is 3. The minimum atomic E-state index is -1.60. The van der Waals surface area contributed by atoms with E-state index in [4.69, 9.17) is 56.8 Å². The first-order valence-corrected chi connectivity index (χ1v) is 27.5. The Labute approximate surface area is 469 Å².